The smallest absolute Gasteiger partial charge is 0.0391 e. The third kappa shape index (κ3) is 2.53. The van der Waals surface area contributed by atoms with Crippen molar-refractivity contribution in [2.24, 2.45) is 0 Å². The van der Waals surface area contributed by atoms with Crippen LogP contribution in [0.3, 0.4) is 0 Å². The molecule has 76 valence electrons. The summed E-state index contributed by atoms with van der Waals surface area (Å²) in [6, 6.07) is 0.557. The summed E-state index contributed by atoms with van der Waals surface area (Å²) < 4.78 is 11.9. The fourth-order valence-corrected chi connectivity index (χ4v) is 4.20. The predicted molar refractivity (Wildman–Crippen MR) is 56.3 cm³/mol. The lowest BCUT2D eigenvalue weighted by molar-refractivity contribution is 0.633. The maximum atomic E-state index is 11.9. The van der Waals surface area contributed by atoms with Crippen molar-refractivity contribution in [1.82, 2.24) is 5.32 Å². The molecule has 2 rings (SSSR count). The predicted octanol–water partition coefficient (Wildman–Crippen LogP) is 1.43. The first kappa shape index (κ1) is 9.66. The van der Waals surface area contributed by atoms with Gasteiger partial charge in [0.2, 0.25) is 0 Å². The van der Waals surface area contributed by atoms with E-state index in [0.717, 1.165) is 12.3 Å². The Hall–Kier alpha value is 0.110. The largest absolute Gasteiger partial charge is 0.313 e. The lowest BCUT2D eigenvalue weighted by atomic mass is 10.3. The Morgan fingerprint density at radius 2 is 1.92 bits per heavy atom. The van der Waals surface area contributed by atoms with Crippen LogP contribution in [0.15, 0.2) is 0 Å². The molecule has 0 aromatic carbocycles. The van der Waals surface area contributed by atoms with E-state index in [0.29, 0.717) is 11.3 Å². The third-order valence-corrected chi connectivity index (χ3v) is 5.15. The highest BCUT2D eigenvalue weighted by atomic mass is 32.2. The zero-order valence-electron chi connectivity index (χ0n) is 8.13. The van der Waals surface area contributed by atoms with Crippen LogP contribution in [-0.2, 0) is 10.8 Å². The normalized spacial score (nSPS) is 32.5. The SMILES string of the molecule is O=S(C[C@@H]1CCCN1)C1CCCC1. The lowest BCUT2D eigenvalue weighted by Crippen LogP contribution is -2.30. The fraction of sp³-hybridized carbons (Fsp3) is 1.00. The highest BCUT2D eigenvalue weighted by molar-refractivity contribution is 7.85. The van der Waals surface area contributed by atoms with E-state index in [9.17, 15) is 4.21 Å². The van der Waals surface area contributed by atoms with E-state index in [1.807, 2.05) is 0 Å². The minimum absolute atomic E-state index is 0.530. The van der Waals surface area contributed by atoms with Gasteiger partial charge in [-0.3, -0.25) is 4.21 Å². The Kier molecular flexibility index (Phi) is 3.39. The summed E-state index contributed by atoms with van der Waals surface area (Å²) in [7, 11) is -0.548. The molecule has 0 radical (unpaired) electrons. The zero-order valence-corrected chi connectivity index (χ0v) is 8.94. The Labute approximate surface area is 82.9 Å². The van der Waals surface area contributed by atoms with E-state index in [4.69, 9.17) is 0 Å². The molecule has 1 unspecified atom stereocenters. The van der Waals surface area contributed by atoms with Crippen LogP contribution in [0.2, 0.25) is 0 Å². The second-order valence-electron chi connectivity index (χ2n) is 4.25. The van der Waals surface area contributed by atoms with Gasteiger partial charge in [-0.25, -0.2) is 0 Å². The Morgan fingerprint density at radius 3 is 2.54 bits per heavy atom. The maximum absolute atomic E-state index is 11.9. The molecule has 2 aliphatic rings. The summed E-state index contributed by atoms with van der Waals surface area (Å²) in [5.74, 6) is 0.907. The molecule has 2 nitrogen and oxygen atoms in total. The Bertz CT molecular complexity index is 183. The molecule has 2 fully saturated rings. The topological polar surface area (TPSA) is 29.1 Å². The lowest BCUT2D eigenvalue weighted by Gasteiger charge is -2.13. The average Bonchev–Trinajstić information content (AvgIpc) is 2.74. The monoisotopic (exact) mass is 201 g/mol. The molecular formula is C10H19NOS. The van der Waals surface area contributed by atoms with Crippen molar-refractivity contribution in [3.63, 3.8) is 0 Å². The highest BCUT2D eigenvalue weighted by Crippen LogP contribution is 2.23. The second kappa shape index (κ2) is 4.56. The van der Waals surface area contributed by atoms with Gasteiger partial charge in [-0.15, -0.1) is 0 Å². The van der Waals surface area contributed by atoms with Crippen LogP contribution in [0.4, 0.5) is 0 Å². The molecule has 0 bridgehead atoms. The molecule has 2 atom stereocenters. The van der Waals surface area contributed by atoms with Crippen molar-refractivity contribution in [2.45, 2.75) is 49.8 Å². The van der Waals surface area contributed by atoms with Crippen LogP contribution >= 0.6 is 0 Å². The molecule has 0 spiro atoms. The number of rotatable bonds is 3. The Balaban J connectivity index is 1.76. The van der Waals surface area contributed by atoms with Crippen LogP contribution in [-0.4, -0.2) is 27.8 Å². The summed E-state index contributed by atoms with van der Waals surface area (Å²) in [6.45, 7) is 1.13. The summed E-state index contributed by atoms with van der Waals surface area (Å²) >= 11 is 0. The van der Waals surface area contributed by atoms with Crippen molar-refractivity contribution in [3.05, 3.63) is 0 Å². The molecule has 0 amide bonds. The van der Waals surface area contributed by atoms with Gasteiger partial charge in [0.25, 0.3) is 0 Å². The van der Waals surface area contributed by atoms with Crippen molar-refractivity contribution >= 4 is 10.8 Å². The maximum Gasteiger partial charge on any atom is 0.0391 e. The minimum Gasteiger partial charge on any atom is -0.313 e. The van der Waals surface area contributed by atoms with Gasteiger partial charge in [0, 0.05) is 27.8 Å². The average molecular weight is 201 g/mol. The summed E-state index contributed by atoms with van der Waals surface area (Å²) in [4.78, 5) is 0. The van der Waals surface area contributed by atoms with Gasteiger partial charge in [-0.2, -0.15) is 0 Å². The molecule has 1 aliphatic carbocycles. The molecule has 0 aromatic heterocycles. The summed E-state index contributed by atoms with van der Waals surface area (Å²) in [5.41, 5.74) is 0. The first-order valence-electron chi connectivity index (χ1n) is 5.47. The van der Waals surface area contributed by atoms with Crippen LogP contribution in [0.5, 0.6) is 0 Å². The van der Waals surface area contributed by atoms with Gasteiger partial charge in [-0.1, -0.05) is 12.8 Å². The number of hydrogen-bond acceptors (Lipinski definition) is 2. The number of hydrogen-bond donors (Lipinski definition) is 1. The van der Waals surface area contributed by atoms with E-state index in [1.165, 1.54) is 38.5 Å². The van der Waals surface area contributed by atoms with E-state index >= 15 is 0 Å². The molecule has 1 heterocycles. The van der Waals surface area contributed by atoms with Gasteiger partial charge in [0.05, 0.1) is 0 Å². The fourth-order valence-electron chi connectivity index (χ4n) is 2.38. The minimum atomic E-state index is -0.548. The Morgan fingerprint density at radius 1 is 1.15 bits per heavy atom. The molecule has 3 heteroatoms. The van der Waals surface area contributed by atoms with Crippen molar-refractivity contribution in [2.75, 3.05) is 12.3 Å². The van der Waals surface area contributed by atoms with Gasteiger partial charge in [-0.05, 0) is 32.2 Å². The van der Waals surface area contributed by atoms with Gasteiger partial charge >= 0.3 is 0 Å². The van der Waals surface area contributed by atoms with E-state index < -0.39 is 10.8 Å². The number of nitrogens with one attached hydrogen (secondary N) is 1. The third-order valence-electron chi connectivity index (χ3n) is 3.20. The van der Waals surface area contributed by atoms with Gasteiger partial charge in [0.15, 0.2) is 0 Å². The molecule has 0 aromatic rings. The first-order chi connectivity index (χ1) is 6.36. The van der Waals surface area contributed by atoms with Crippen LogP contribution in [0.1, 0.15) is 38.5 Å². The molecule has 1 saturated carbocycles. The molecule has 1 aliphatic heterocycles. The van der Waals surface area contributed by atoms with Crippen molar-refractivity contribution in [1.29, 1.82) is 0 Å². The molecule has 13 heavy (non-hydrogen) atoms. The summed E-state index contributed by atoms with van der Waals surface area (Å²) in [5, 5.41) is 3.95. The molecule has 1 N–H and O–H groups in total. The van der Waals surface area contributed by atoms with Crippen molar-refractivity contribution in [3.8, 4) is 0 Å². The van der Waals surface area contributed by atoms with Crippen molar-refractivity contribution < 1.29 is 4.21 Å². The second-order valence-corrected chi connectivity index (χ2v) is 6.01. The van der Waals surface area contributed by atoms with Gasteiger partial charge < -0.3 is 5.32 Å². The molecular weight excluding hydrogens is 182 g/mol. The molecule has 1 saturated heterocycles. The van der Waals surface area contributed by atoms with E-state index in [1.54, 1.807) is 0 Å². The van der Waals surface area contributed by atoms with Crippen LogP contribution in [0, 0.1) is 0 Å². The highest BCUT2D eigenvalue weighted by Gasteiger charge is 2.24. The van der Waals surface area contributed by atoms with E-state index in [2.05, 4.69) is 5.32 Å². The standard InChI is InChI=1S/C10H19NOS/c12-13(10-5-1-2-6-10)8-9-4-3-7-11-9/h9-11H,1-8H2/t9-,13?/m0/s1. The quantitative estimate of drug-likeness (QED) is 0.748. The van der Waals surface area contributed by atoms with Gasteiger partial charge in [0.1, 0.15) is 0 Å². The zero-order chi connectivity index (χ0) is 9.10. The summed E-state index contributed by atoms with van der Waals surface area (Å²) in [6.07, 6.45) is 7.52. The van der Waals surface area contributed by atoms with E-state index in [-0.39, 0.29) is 0 Å². The van der Waals surface area contributed by atoms with Crippen LogP contribution in [0.25, 0.3) is 0 Å². The van der Waals surface area contributed by atoms with Crippen LogP contribution < -0.4 is 5.32 Å². The first-order valence-corrected chi connectivity index (χ1v) is 6.85.